The number of H-pyrrole nitrogens is 1. The number of halogens is 1. The highest BCUT2D eigenvalue weighted by atomic mass is 35.5. The number of nitrogens with zero attached hydrogens (tertiary/aromatic N) is 3. The van der Waals surface area contributed by atoms with Gasteiger partial charge in [-0.05, 0) is 0 Å². The van der Waals surface area contributed by atoms with Crippen LogP contribution in [0.5, 0.6) is 0 Å². The Morgan fingerprint density at radius 1 is 1.44 bits per heavy atom. The molecule has 0 aromatic carbocycles. The molecule has 0 unspecified atom stereocenters. The summed E-state index contributed by atoms with van der Waals surface area (Å²) in [4.78, 5) is 19.1. The van der Waals surface area contributed by atoms with Crippen LogP contribution in [0.3, 0.4) is 0 Å². The van der Waals surface area contributed by atoms with Gasteiger partial charge in [0, 0.05) is 12.1 Å². The third-order valence-corrected chi connectivity index (χ3v) is 1.92. The van der Waals surface area contributed by atoms with E-state index in [0.29, 0.717) is 5.82 Å². The summed E-state index contributed by atoms with van der Waals surface area (Å²) in [6, 6.07) is 2.84. The summed E-state index contributed by atoms with van der Waals surface area (Å²) < 4.78 is 0. The van der Waals surface area contributed by atoms with Crippen LogP contribution in [0.1, 0.15) is 10.5 Å². The van der Waals surface area contributed by atoms with E-state index >= 15 is 0 Å². The average Bonchev–Trinajstić information content (AvgIpc) is 2.65. The number of nitrogens with one attached hydrogen (secondary N) is 2. The zero-order chi connectivity index (χ0) is 11.5. The third-order valence-electron chi connectivity index (χ3n) is 1.72. The van der Waals surface area contributed by atoms with Crippen LogP contribution in [0.15, 0.2) is 18.5 Å². The van der Waals surface area contributed by atoms with Gasteiger partial charge in [0.25, 0.3) is 5.91 Å². The Bertz CT molecular complexity index is 525. The van der Waals surface area contributed by atoms with Gasteiger partial charge in [-0.1, -0.05) is 11.6 Å². The molecular formula is C8H7ClN6O. The van der Waals surface area contributed by atoms with E-state index in [1.165, 1.54) is 18.5 Å². The molecule has 2 aromatic heterocycles. The summed E-state index contributed by atoms with van der Waals surface area (Å²) >= 11 is 5.64. The summed E-state index contributed by atoms with van der Waals surface area (Å²) in [5.41, 5.74) is 5.61. The van der Waals surface area contributed by atoms with Gasteiger partial charge in [-0.15, -0.1) is 0 Å². The minimum atomic E-state index is -0.404. The van der Waals surface area contributed by atoms with Crippen LogP contribution in [-0.2, 0) is 0 Å². The summed E-state index contributed by atoms with van der Waals surface area (Å²) in [5.74, 6) is 0.142. The number of nitrogens with two attached hydrogens (primary N) is 1. The molecular weight excluding hydrogens is 232 g/mol. The number of carbonyl (C=O) groups is 1. The number of nitrogen functional groups attached to an aromatic ring is 1. The zero-order valence-corrected chi connectivity index (χ0v) is 8.69. The molecule has 1 amide bonds. The van der Waals surface area contributed by atoms with Crippen molar-refractivity contribution in [3.05, 3.63) is 29.3 Å². The Morgan fingerprint density at radius 3 is 2.88 bits per heavy atom. The molecule has 8 heteroatoms. The van der Waals surface area contributed by atoms with Gasteiger partial charge >= 0.3 is 0 Å². The van der Waals surface area contributed by atoms with Crippen molar-refractivity contribution in [3.63, 3.8) is 0 Å². The molecule has 0 atom stereocenters. The summed E-state index contributed by atoms with van der Waals surface area (Å²) in [7, 11) is 0. The lowest BCUT2D eigenvalue weighted by molar-refractivity contribution is 0.102. The first kappa shape index (κ1) is 10.4. The third kappa shape index (κ3) is 2.26. The average molecular weight is 239 g/mol. The molecule has 7 nitrogen and oxygen atoms in total. The number of hydrogen-bond donors (Lipinski definition) is 3. The summed E-state index contributed by atoms with van der Waals surface area (Å²) in [6.07, 6.45) is 1.25. The maximum absolute atomic E-state index is 11.6. The maximum atomic E-state index is 11.6. The topological polar surface area (TPSA) is 110 Å². The number of carbonyl (C=O) groups excluding carboxylic acids is 1. The first-order valence-corrected chi connectivity index (χ1v) is 4.63. The molecule has 0 saturated carbocycles. The Balaban J connectivity index is 2.13. The second kappa shape index (κ2) is 4.15. The normalized spacial score (nSPS) is 10.1. The van der Waals surface area contributed by atoms with E-state index < -0.39 is 5.91 Å². The van der Waals surface area contributed by atoms with Gasteiger partial charge in [0.2, 0.25) is 0 Å². The van der Waals surface area contributed by atoms with E-state index in [1.54, 1.807) is 0 Å². The second-order valence-corrected chi connectivity index (χ2v) is 3.27. The van der Waals surface area contributed by atoms with Gasteiger partial charge in [0.15, 0.2) is 0 Å². The highest BCUT2D eigenvalue weighted by Crippen LogP contribution is 2.10. The van der Waals surface area contributed by atoms with Crippen LogP contribution in [0.25, 0.3) is 0 Å². The van der Waals surface area contributed by atoms with Crippen LogP contribution in [0.4, 0.5) is 11.6 Å². The van der Waals surface area contributed by atoms with Gasteiger partial charge < -0.3 is 11.1 Å². The molecule has 2 aromatic rings. The first-order chi connectivity index (χ1) is 7.65. The van der Waals surface area contributed by atoms with Crippen molar-refractivity contribution in [1.29, 1.82) is 0 Å². The van der Waals surface area contributed by atoms with Crippen LogP contribution in [-0.4, -0.2) is 26.1 Å². The number of aromatic amines is 1. The fourth-order valence-electron chi connectivity index (χ4n) is 1.04. The molecule has 0 aliphatic heterocycles. The van der Waals surface area contributed by atoms with Crippen LogP contribution in [0.2, 0.25) is 5.15 Å². The van der Waals surface area contributed by atoms with E-state index in [-0.39, 0.29) is 16.7 Å². The molecule has 0 radical (unpaired) electrons. The van der Waals surface area contributed by atoms with Crippen LogP contribution < -0.4 is 11.1 Å². The fourth-order valence-corrected chi connectivity index (χ4v) is 1.19. The monoisotopic (exact) mass is 238 g/mol. The van der Waals surface area contributed by atoms with Crippen molar-refractivity contribution in [2.45, 2.75) is 0 Å². The van der Waals surface area contributed by atoms with Crippen molar-refractivity contribution >= 4 is 29.1 Å². The second-order valence-electron chi connectivity index (χ2n) is 2.89. The largest absolute Gasteiger partial charge is 0.382 e. The molecule has 0 saturated heterocycles. The predicted molar refractivity (Wildman–Crippen MR) is 58.0 cm³/mol. The molecule has 82 valence electrons. The zero-order valence-electron chi connectivity index (χ0n) is 7.94. The lowest BCUT2D eigenvalue weighted by Crippen LogP contribution is -2.13. The number of amides is 1. The Kier molecular flexibility index (Phi) is 2.69. The van der Waals surface area contributed by atoms with Gasteiger partial charge in [0.1, 0.15) is 28.8 Å². The number of rotatable bonds is 2. The van der Waals surface area contributed by atoms with E-state index in [2.05, 4.69) is 25.5 Å². The lowest BCUT2D eigenvalue weighted by Gasteiger charge is -2.01. The predicted octanol–water partition coefficient (Wildman–Crippen LogP) is 0.688. The molecule has 0 bridgehead atoms. The molecule has 0 fully saturated rings. The summed E-state index contributed by atoms with van der Waals surface area (Å²) in [5, 5.41) is 8.86. The van der Waals surface area contributed by atoms with Crippen LogP contribution in [0, 0.1) is 0 Å². The van der Waals surface area contributed by atoms with Crippen molar-refractivity contribution in [3.8, 4) is 0 Å². The fraction of sp³-hybridized carbons (Fsp3) is 0. The Hall–Kier alpha value is -2.15. The standard InChI is InChI=1S/C8H7ClN6O/c9-5-2-7(12-3-11-5)13-8(16)4-1-6(10)15-14-4/h1-3H,(H3,10,14,15)(H,11,12,13,16). The van der Waals surface area contributed by atoms with Gasteiger partial charge in [-0.2, -0.15) is 5.10 Å². The number of hydrogen-bond acceptors (Lipinski definition) is 5. The molecule has 0 aliphatic rings. The van der Waals surface area contributed by atoms with Crippen molar-refractivity contribution in [2.24, 2.45) is 0 Å². The molecule has 2 rings (SSSR count). The minimum Gasteiger partial charge on any atom is -0.382 e. The molecule has 16 heavy (non-hydrogen) atoms. The lowest BCUT2D eigenvalue weighted by atomic mass is 10.4. The molecule has 2 heterocycles. The Morgan fingerprint density at radius 2 is 2.25 bits per heavy atom. The van der Waals surface area contributed by atoms with Gasteiger partial charge in [-0.3, -0.25) is 9.89 Å². The van der Waals surface area contributed by atoms with Gasteiger partial charge in [-0.25, -0.2) is 9.97 Å². The molecule has 0 spiro atoms. The first-order valence-electron chi connectivity index (χ1n) is 4.25. The minimum absolute atomic E-state index is 0.242. The Labute approximate surface area is 95.0 Å². The van der Waals surface area contributed by atoms with Crippen molar-refractivity contribution in [2.75, 3.05) is 11.1 Å². The smallest absolute Gasteiger partial charge is 0.274 e. The number of anilines is 2. The highest BCUT2D eigenvalue weighted by molar-refractivity contribution is 6.29. The van der Waals surface area contributed by atoms with Crippen molar-refractivity contribution < 1.29 is 4.79 Å². The maximum Gasteiger partial charge on any atom is 0.274 e. The van der Waals surface area contributed by atoms with Crippen LogP contribution >= 0.6 is 11.6 Å². The summed E-state index contributed by atoms with van der Waals surface area (Å²) in [6.45, 7) is 0. The quantitative estimate of drug-likeness (QED) is 0.667. The van der Waals surface area contributed by atoms with Crippen molar-refractivity contribution in [1.82, 2.24) is 20.2 Å². The van der Waals surface area contributed by atoms with Gasteiger partial charge in [0.05, 0.1) is 0 Å². The van der Waals surface area contributed by atoms with E-state index in [9.17, 15) is 4.79 Å². The molecule has 0 aliphatic carbocycles. The van der Waals surface area contributed by atoms with E-state index in [0.717, 1.165) is 0 Å². The highest BCUT2D eigenvalue weighted by Gasteiger charge is 2.09. The van der Waals surface area contributed by atoms with E-state index in [1.807, 2.05) is 0 Å². The van der Waals surface area contributed by atoms with E-state index in [4.69, 9.17) is 17.3 Å². The SMILES string of the molecule is Nc1cc(C(=O)Nc2cc(Cl)ncn2)[nH]n1. The number of aromatic nitrogens is 4. The molecule has 4 N–H and O–H groups in total.